The number of hydrogen-bond acceptors (Lipinski definition) is 4. The van der Waals surface area contributed by atoms with Crippen molar-refractivity contribution in [3.63, 3.8) is 0 Å². The Morgan fingerprint density at radius 1 is 1.29 bits per heavy atom. The summed E-state index contributed by atoms with van der Waals surface area (Å²) in [5, 5.41) is 5.45. The Morgan fingerprint density at radius 2 is 2.14 bits per heavy atom. The van der Waals surface area contributed by atoms with Crippen molar-refractivity contribution in [3.8, 4) is 5.75 Å². The zero-order valence-electron chi connectivity index (χ0n) is 12.3. The molecule has 1 aliphatic carbocycles. The average Bonchev–Trinajstić information content (AvgIpc) is 2.56. The molecule has 1 heterocycles. The molecule has 1 aromatic rings. The van der Waals surface area contributed by atoms with Crippen LogP contribution < -0.4 is 10.2 Å². The topological polar surface area (TPSA) is 46.0 Å². The Kier molecular flexibility index (Phi) is 4.80. The fourth-order valence-corrected chi connectivity index (χ4v) is 3.55. The first kappa shape index (κ1) is 14.4. The van der Waals surface area contributed by atoms with Gasteiger partial charge in [0.2, 0.25) is 0 Å². The maximum Gasteiger partial charge on any atom is 0.177 e. The standard InChI is InChI=1S/C16H21N3OS/c1-20-14-9-5-6-12(10-14)15-11-21-16(19-18-15)17-13-7-3-2-4-8-13/h5-6,9-10,13H,2-4,7-8,11H2,1H3,(H,17,19). The SMILES string of the molecule is COc1cccc(C2=NNC(=NC3CCCCC3)SC2)c1. The van der Waals surface area contributed by atoms with Crippen molar-refractivity contribution < 1.29 is 4.74 Å². The van der Waals surface area contributed by atoms with E-state index in [1.807, 2.05) is 18.2 Å². The van der Waals surface area contributed by atoms with E-state index in [0.29, 0.717) is 6.04 Å². The Bertz CT molecular complexity index is 550. The van der Waals surface area contributed by atoms with Crippen LogP contribution in [0.4, 0.5) is 0 Å². The molecule has 1 N–H and O–H groups in total. The van der Waals surface area contributed by atoms with E-state index in [0.717, 1.165) is 27.9 Å². The molecule has 0 bridgehead atoms. The highest BCUT2D eigenvalue weighted by Crippen LogP contribution is 2.23. The van der Waals surface area contributed by atoms with Crippen molar-refractivity contribution in [1.82, 2.24) is 5.43 Å². The van der Waals surface area contributed by atoms with Gasteiger partial charge in [0, 0.05) is 11.3 Å². The second-order valence-electron chi connectivity index (χ2n) is 5.42. The molecule has 0 spiro atoms. The Hall–Kier alpha value is -1.49. The van der Waals surface area contributed by atoms with Gasteiger partial charge in [-0.3, -0.25) is 10.4 Å². The molecular weight excluding hydrogens is 282 g/mol. The lowest BCUT2D eigenvalue weighted by Gasteiger charge is -2.21. The lowest BCUT2D eigenvalue weighted by atomic mass is 9.96. The number of benzene rings is 1. The number of thioether (sulfide) groups is 1. The van der Waals surface area contributed by atoms with Gasteiger partial charge in [-0.15, -0.1) is 0 Å². The third kappa shape index (κ3) is 3.79. The van der Waals surface area contributed by atoms with Gasteiger partial charge in [-0.2, -0.15) is 5.10 Å². The molecule has 5 heteroatoms. The zero-order chi connectivity index (χ0) is 14.5. The number of aliphatic imine (C=N–C) groups is 1. The van der Waals surface area contributed by atoms with E-state index in [1.54, 1.807) is 18.9 Å². The summed E-state index contributed by atoms with van der Waals surface area (Å²) >= 11 is 1.74. The molecule has 0 radical (unpaired) electrons. The van der Waals surface area contributed by atoms with Gasteiger partial charge in [0.1, 0.15) is 5.75 Å². The molecular formula is C16H21N3OS. The molecule has 1 aromatic carbocycles. The summed E-state index contributed by atoms with van der Waals surface area (Å²) in [7, 11) is 1.68. The van der Waals surface area contributed by atoms with Crippen LogP contribution in [-0.4, -0.2) is 29.8 Å². The van der Waals surface area contributed by atoms with E-state index in [4.69, 9.17) is 9.73 Å². The summed E-state index contributed by atoms with van der Waals surface area (Å²) in [5.74, 6) is 1.72. The fraction of sp³-hybridized carbons (Fsp3) is 0.500. The lowest BCUT2D eigenvalue weighted by molar-refractivity contribution is 0.414. The van der Waals surface area contributed by atoms with Gasteiger partial charge in [0.15, 0.2) is 5.17 Å². The number of amidine groups is 1. The first-order valence-electron chi connectivity index (χ1n) is 7.53. The molecule has 1 saturated carbocycles. The minimum absolute atomic E-state index is 0.488. The van der Waals surface area contributed by atoms with E-state index in [2.05, 4.69) is 16.6 Å². The second kappa shape index (κ2) is 6.98. The highest BCUT2D eigenvalue weighted by molar-refractivity contribution is 8.14. The fourth-order valence-electron chi connectivity index (χ4n) is 2.71. The molecule has 3 rings (SSSR count). The van der Waals surface area contributed by atoms with Crippen LogP contribution in [0.15, 0.2) is 34.4 Å². The minimum Gasteiger partial charge on any atom is -0.497 e. The molecule has 0 aromatic heterocycles. The van der Waals surface area contributed by atoms with Gasteiger partial charge in [0.25, 0.3) is 0 Å². The Labute approximate surface area is 130 Å². The highest BCUT2D eigenvalue weighted by atomic mass is 32.2. The first-order chi connectivity index (χ1) is 10.3. The molecule has 0 atom stereocenters. The van der Waals surface area contributed by atoms with Crippen LogP contribution in [0.2, 0.25) is 0 Å². The van der Waals surface area contributed by atoms with Crippen molar-refractivity contribution in [2.75, 3.05) is 12.9 Å². The van der Waals surface area contributed by atoms with Crippen molar-refractivity contribution >= 4 is 22.6 Å². The van der Waals surface area contributed by atoms with E-state index < -0.39 is 0 Å². The third-order valence-corrected chi connectivity index (χ3v) is 4.80. The van der Waals surface area contributed by atoms with Crippen molar-refractivity contribution in [3.05, 3.63) is 29.8 Å². The predicted molar refractivity (Wildman–Crippen MR) is 89.4 cm³/mol. The number of hydrogen-bond donors (Lipinski definition) is 1. The van der Waals surface area contributed by atoms with Gasteiger partial charge >= 0.3 is 0 Å². The van der Waals surface area contributed by atoms with Crippen molar-refractivity contribution in [2.24, 2.45) is 10.1 Å². The van der Waals surface area contributed by atoms with Crippen molar-refractivity contribution in [2.45, 2.75) is 38.1 Å². The first-order valence-corrected chi connectivity index (χ1v) is 8.51. The molecule has 4 nitrogen and oxygen atoms in total. The molecule has 21 heavy (non-hydrogen) atoms. The predicted octanol–water partition coefficient (Wildman–Crippen LogP) is 3.42. The van der Waals surface area contributed by atoms with E-state index in [1.165, 1.54) is 32.1 Å². The van der Waals surface area contributed by atoms with Crippen LogP contribution in [0.5, 0.6) is 5.75 Å². The summed E-state index contributed by atoms with van der Waals surface area (Å²) in [4.78, 5) is 4.79. The summed E-state index contributed by atoms with van der Waals surface area (Å²) in [5.41, 5.74) is 5.26. The van der Waals surface area contributed by atoms with Crippen LogP contribution in [-0.2, 0) is 0 Å². The van der Waals surface area contributed by atoms with Gasteiger partial charge in [0.05, 0.1) is 18.9 Å². The maximum atomic E-state index is 5.26. The minimum atomic E-state index is 0.488. The zero-order valence-corrected chi connectivity index (χ0v) is 13.2. The van der Waals surface area contributed by atoms with Gasteiger partial charge in [-0.05, 0) is 25.0 Å². The number of rotatable bonds is 3. The summed E-state index contributed by atoms with van der Waals surface area (Å²) in [6, 6.07) is 8.51. The Balaban J connectivity index is 1.66. The van der Waals surface area contributed by atoms with Crippen LogP contribution in [0, 0.1) is 0 Å². The van der Waals surface area contributed by atoms with E-state index in [-0.39, 0.29) is 0 Å². The second-order valence-corrected chi connectivity index (χ2v) is 6.38. The summed E-state index contributed by atoms with van der Waals surface area (Å²) in [6.45, 7) is 0. The molecule has 112 valence electrons. The summed E-state index contributed by atoms with van der Waals surface area (Å²) < 4.78 is 5.26. The monoisotopic (exact) mass is 303 g/mol. The van der Waals surface area contributed by atoms with Crippen molar-refractivity contribution in [1.29, 1.82) is 0 Å². The smallest absolute Gasteiger partial charge is 0.177 e. The van der Waals surface area contributed by atoms with Crippen LogP contribution >= 0.6 is 11.8 Å². The Morgan fingerprint density at radius 3 is 2.86 bits per heavy atom. The summed E-state index contributed by atoms with van der Waals surface area (Å²) in [6.07, 6.45) is 6.42. The number of ether oxygens (including phenoxy) is 1. The van der Waals surface area contributed by atoms with Gasteiger partial charge < -0.3 is 4.74 Å². The van der Waals surface area contributed by atoms with Crippen LogP contribution in [0.25, 0.3) is 0 Å². The molecule has 0 saturated heterocycles. The molecule has 1 aliphatic heterocycles. The molecule has 2 aliphatic rings. The average molecular weight is 303 g/mol. The number of hydrazone groups is 1. The highest BCUT2D eigenvalue weighted by Gasteiger charge is 2.17. The third-order valence-electron chi connectivity index (χ3n) is 3.91. The number of nitrogens with zero attached hydrogens (tertiary/aromatic N) is 2. The molecule has 0 unspecified atom stereocenters. The normalized spacial score (nSPS) is 21.8. The maximum absolute atomic E-state index is 5.26. The van der Waals surface area contributed by atoms with Gasteiger partial charge in [-0.25, -0.2) is 0 Å². The van der Waals surface area contributed by atoms with Crippen LogP contribution in [0.3, 0.4) is 0 Å². The van der Waals surface area contributed by atoms with Gasteiger partial charge in [-0.1, -0.05) is 43.2 Å². The quantitative estimate of drug-likeness (QED) is 0.930. The molecule has 0 amide bonds. The van der Waals surface area contributed by atoms with Crippen LogP contribution in [0.1, 0.15) is 37.7 Å². The molecule has 1 fully saturated rings. The van der Waals surface area contributed by atoms with E-state index >= 15 is 0 Å². The number of nitrogens with one attached hydrogen (secondary N) is 1. The number of methoxy groups -OCH3 is 1. The van der Waals surface area contributed by atoms with E-state index in [9.17, 15) is 0 Å². The lowest BCUT2D eigenvalue weighted by Crippen LogP contribution is -2.27. The largest absolute Gasteiger partial charge is 0.497 e.